The average Bonchev–Trinajstić information content (AvgIpc) is 2.10. The molecule has 4 heteroatoms. The quantitative estimate of drug-likeness (QED) is 0.305. The Morgan fingerprint density at radius 1 is 1.71 bits per heavy atom. The van der Waals surface area contributed by atoms with Gasteiger partial charge in [0.1, 0.15) is 12.0 Å². The molecule has 0 aliphatic heterocycles. The van der Waals surface area contributed by atoms with Crippen molar-refractivity contribution in [1.29, 1.82) is 0 Å². The summed E-state index contributed by atoms with van der Waals surface area (Å²) in [5.74, 6) is 1.25. The van der Waals surface area contributed by atoms with Gasteiger partial charge < -0.3 is 4.74 Å². The van der Waals surface area contributed by atoms with E-state index in [1.54, 1.807) is 12.9 Å². The highest BCUT2D eigenvalue weighted by molar-refractivity contribution is 6.21. The third kappa shape index (κ3) is 4.26. The molecule has 0 radical (unpaired) electrons. The van der Waals surface area contributed by atoms with Crippen LogP contribution in [0.25, 0.3) is 0 Å². The fourth-order valence-corrected chi connectivity index (χ4v) is 1.20. The predicted octanol–water partition coefficient (Wildman–Crippen LogP) is 1.88. The number of carbonyl (C=O) groups excluding carboxylic acids is 2. The fraction of sp³-hybridized carbons (Fsp3) is 0.500. The number of hydrogen-bond acceptors (Lipinski definition) is 3. The lowest BCUT2D eigenvalue weighted by molar-refractivity contribution is -0.144. The molecule has 0 aromatic carbocycles. The summed E-state index contributed by atoms with van der Waals surface area (Å²) < 4.78 is 4.90. The molecule has 3 nitrogen and oxygen atoms in total. The van der Waals surface area contributed by atoms with Crippen LogP contribution in [0.5, 0.6) is 0 Å². The van der Waals surface area contributed by atoms with E-state index in [1.807, 2.05) is 0 Å². The average molecular weight is 217 g/mol. The lowest BCUT2D eigenvalue weighted by Gasteiger charge is -2.19. The lowest BCUT2D eigenvalue weighted by Crippen LogP contribution is -2.27. The number of carbonyl (C=O) groups is 1. The first-order valence-corrected chi connectivity index (χ1v) is 4.62. The number of hydrogen-bond donors (Lipinski definition) is 0. The topological polar surface area (TPSA) is 43.4 Å². The number of alkyl halides is 1. The molecule has 0 N–H and O–H groups in total. The van der Waals surface area contributed by atoms with Crippen molar-refractivity contribution in [3.63, 3.8) is 0 Å². The summed E-state index contributed by atoms with van der Waals surface area (Å²) in [6, 6.07) is 0. The molecule has 2 atom stereocenters. The van der Waals surface area contributed by atoms with Crippen LogP contribution >= 0.6 is 11.6 Å². The number of halogens is 1. The van der Waals surface area contributed by atoms with Crippen molar-refractivity contribution < 1.29 is 14.3 Å². The van der Waals surface area contributed by atoms with E-state index in [4.69, 9.17) is 16.3 Å². The Labute approximate surface area is 88.4 Å². The van der Waals surface area contributed by atoms with Crippen molar-refractivity contribution in [3.8, 4) is 0 Å². The fourth-order valence-electron chi connectivity index (χ4n) is 0.992. The van der Waals surface area contributed by atoms with E-state index in [1.165, 1.54) is 13.0 Å². The molecule has 0 bridgehead atoms. The Morgan fingerprint density at radius 3 is 2.57 bits per heavy atom. The molecule has 2 unspecified atom stereocenters. The third-order valence-corrected chi connectivity index (χ3v) is 1.78. The van der Waals surface area contributed by atoms with Gasteiger partial charge >= 0.3 is 5.97 Å². The number of rotatable bonds is 5. The summed E-state index contributed by atoms with van der Waals surface area (Å²) in [6.45, 7) is 6.40. The zero-order chi connectivity index (χ0) is 11.1. The third-order valence-electron chi connectivity index (χ3n) is 1.55. The molecule has 14 heavy (non-hydrogen) atoms. The van der Waals surface area contributed by atoms with Gasteiger partial charge in [-0.25, -0.2) is 4.79 Å². The van der Waals surface area contributed by atoms with Gasteiger partial charge in [-0.15, -0.1) is 18.2 Å². The van der Waals surface area contributed by atoms with Gasteiger partial charge in [0.25, 0.3) is 0 Å². The van der Waals surface area contributed by atoms with Crippen LogP contribution in [-0.4, -0.2) is 23.4 Å². The van der Waals surface area contributed by atoms with E-state index in [0.29, 0.717) is 12.0 Å². The van der Waals surface area contributed by atoms with Crippen molar-refractivity contribution in [2.45, 2.75) is 31.7 Å². The van der Waals surface area contributed by atoms with Crippen molar-refractivity contribution in [2.75, 3.05) is 0 Å². The minimum atomic E-state index is -0.718. The molecule has 0 aromatic rings. The van der Waals surface area contributed by atoms with Crippen molar-refractivity contribution >= 4 is 23.5 Å². The number of allylic oxidation sites excluding steroid dienone is 1. The molecular weight excluding hydrogens is 204 g/mol. The summed E-state index contributed by atoms with van der Waals surface area (Å²) in [6.07, 6.45) is 1.14. The monoisotopic (exact) mass is 216 g/mol. The van der Waals surface area contributed by atoms with Crippen LogP contribution in [0.15, 0.2) is 18.2 Å². The van der Waals surface area contributed by atoms with Gasteiger partial charge in [-0.2, -0.15) is 0 Å². The first-order chi connectivity index (χ1) is 6.52. The highest BCUT2D eigenvalue weighted by atomic mass is 35.5. The van der Waals surface area contributed by atoms with Gasteiger partial charge in [-0.05, 0) is 6.92 Å². The zero-order valence-corrected chi connectivity index (χ0v) is 9.00. The Bertz CT molecular complexity index is 265. The van der Waals surface area contributed by atoms with Crippen LogP contribution < -0.4 is 0 Å². The summed E-state index contributed by atoms with van der Waals surface area (Å²) in [4.78, 5) is 21.3. The smallest absolute Gasteiger partial charge is 0.303 e. The molecule has 0 saturated carbocycles. The second kappa shape index (κ2) is 6.41. The second-order valence-corrected chi connectivity index (χ2v) is 3.52. The Hall–Kier alpha value is -1.05. The zero-order valence-electron chi connectivity index (χ0n) is 8.25. The second-order valence-electron chi connectivity index (χ2n) is 2.83. The minimum Gasteiger partial charge on any atom is -0.456 e. The van der Waals surface area contributed by atoms with Crippen LogP contribution in [0.2, 0.25) is 0 Å². The minimum absolute atomic E-state index is 0.303. The van der Waals surface area contributed by atoms with Gasteiger partial charge in [0.05, 0.1) is 11.0 Å². The van der Waals surface area contributed by atoms with Gasteiger partial charge in [0, 0.05) is 13.3 Å². The van der Waals surface area contributed by atoms with Gasteiger partial charge in [-0.1, -0.05) is 6.08 Å². The maximum atomic E-state index is 10.7. The highest BCUT2D eigenvalue weighted by Gasteiger charge is 2.23. The van der Waals surface area contributed by atoms with Gasteiger partial charge in [0.2, 0.25) is 0 Å². The highest BCUT2D eigenvalue weighted by Crippen LogP contribution is 2.17. The van der Waals surface area contributed by atoms with Crippen LogP contribution in [0, 0.1) is 0 Å². The molecule has 0 spiro atoms. The van der Waals surface area contributed by atoms with E-state index < -0.39 is 17.5 Å². The first kappa shape index (κ1) is 12.9. The Morgan fingerprint density at radius 2 is 2.29 bits per heavy atom. The lowest BCUT2D eigenvalue weighted by atomic mass is 10.1. The van der Waals surface area contributed by atoms with E-state index in [9.17, 15) is 9.59 Å². The molecule has 0 rings (SSSR count). The first-order valence-electron chi connectivity index (χ1n) is 4.19. The SMILES string of the molecule is C=CCC(=C=O)C(OC(C)=O)C(C)Cl. The van der Waals surface area contributed by atoms with E-state index in [0.717, 1.165) is 0 Å². The van der Waals surface area contributed by atoms with Crippen LogP contribution in [0.1, 0.15) is 20.3 Å². The van der Waals surface area contributed by atoms with Crippen LogP contribution in [-0.2, 0) is 14.3 Å². The normalized spacial score (nSPS) is 13.6. The summed E-state index contributed by atoms with van der Waals surface area (Å²) in [5, 5.41) is -0.463. The molecule has 0 aliphatic rings. The van der Waals surface area contributed by atoms with Gasteiger partial charge in [-0.3, -0.25) is 4.79 Å². The summed E-state index contributed by atoms with van der Waals surface area (Å²) in [5.41, 5.74) is 0.303. The molecular formula is C10H13ClO3. The van der Waals surface area contributed by atoms with Crippen molar-refractivity contribution in [1.82, 2.24) is 0 Å². The molecule has 0 saturated heterocycles. The standard InChI is InChI=1S/C10H13ClO3/c1-4-5-9(6-12)10(7(2)11)14-8(3)13/h4,7,10H,1,5H2,2-3H3. The van der Waals surface area contributed by atoms with Gasteiger partial charge in [0.15, 0.2) is 0 Å². The number of esters is 1. The van der Waals surface area contributed by atoms with E-state index >= 15 is 0 Å². The predicted molar refractivity (Wildman–Crippen MR) is 54.9 cm³/mol. The Kier molecular flexibility index (Phi) is 5.93. The van der Waals surface area contributed by atoms with E-state index in [-0.39, 0.29) is 0 Å². The van der Waals surface area contributed by atoms with Crippen LogP contribution in [0.3, 0.4) is 0 Å². The molecule has 0 heterocycles. The summed E-state index contributed by atoms with van der Waals surface area (Å²) in [7, 11) is 0. The van der Waals surface area contributed by atoms with Crippen LogP contribution in [0.4, 0.5) is 0 Å². The molecule has 78 valence electrons. The molecule has 0 aliphatic carbocycles. The number of ether oxygens (including phenoxy) is 1. The van der Waals surface area contributed by atoms with Crippen molar-refractivity contribution in [2.24, 2.45) is 0 Å². The largest absolute Gasteiger partial charge is 0.456 e. The summed E-state index contributed by atoms with van der Waals surface area (Å²) >= 11 is 5.79. The molecule has 0 aromatic heterocycles. The molecule has 0 amide bonds. The maximum absolute atomic E-state index is 10.7. The van der Waals surface area contributed by atoms with Crippen molar-refractivity contribution in [3.05, 3.63) is 18.2 Å². The molecule has 0 fully saturated rings. The Balaban J connectivity index is 4.69. The maximum Gasteiger partial charge on any atom is 0.303 e. The van der Waals surface area contributed by atoms with E-state index in [2.05, 4.69) is 6.58 Å².